The van der Waals surface area contributed by atoms with E-state index in [9.17, 15) is 9.18 Å². The van der Waals surface area contributed by atoms with Crippen LogP contribution in [0.5, 0.6) is 0 Å². The van der Waals surface area contributed by atoms with Crippen molar-refractivity contribution >= 4 is 11.7 Å². The number of hydrogen-bond donors (Lipinski definition) is 1. The Labute approximate surface area is 123 Å². The lowest BCUT2D eigenvalue weighted by Crippen LogP contribution is -2.23. The van der Waals surface area contributed by atoms with Crippen LogP contribution in [-0.4, -0.2) is 13.1 Å². The Morgan fingerprint density at radius 3 is 2.48 bits per heavy atom. The molecular formula is C17H18FNO2. The van der Waals surface area contributed by atoms with Crippen molar-refractivity contribution in [2.24, 2.45) is 0 Å². The number of anilines is 1. The van der Waals surface area contributed by atoms with E-state index < -0.39 is 12.0 Å². The van der Waals surface area contributed by atoms with Crippen LogP contribution in [0, 0.1) is 19.7 Å². The van der Waals surface area contributed by atoms with Crippen LogP contribution >= 0.6 is 0 Å². The molecule has 0 saturated carbocycles. The quantitative estimate of drug-likeness (QED) is 0.870. The molecule has 4 heteroatoms. The monoisotopic (exact) mass is 287 g/mol. The zero-order chi connectivity index (χ0) is 15.4. The number of nitrogens with one attached hydrogen (secondary N) is 1. The van der Waals surface area contributed by atoms with Crippen molar-refractivity contribution in [2.75, 3.05) is 12.4 Å². The molecule has 0 aliphatic carbocycles. The smallest absolute Gasteiger partial charge is 0.332 e. The normalized spacial score (nSPS) is 11.8. The molecule has 3 nitrogen and oxygen atoms in total. The summed E-state index contributed by atoms with van der Waals surface area (Å²) < 4.78 is 18.6. The highest BCUT2D eigenvalue weighted by Gasteiger charge is 2.22. The van der Waals surface area contributed by atoms with Crippen molar-refractivity contribution in [3.05, 3.63) is 65.0 Å². The number of ether oxygens (including phenoxy) is 1. The first-order valence-corrected chi connectivity index (χ1v) is 6.69. The molecule has 0 bridgehead atoms. The van der Waals surface area contributed by atoms with Gasteiger partial charge in [0.05, 0.1) is 7.11 Å². The minimum absolute atomic E-state index is 0.340. The van der Waals surface area contributed by atoms with E-state index >= 15 is 0 Å². The molecule has 1 unspecified atom stereocenters. The van der Waals surface area contributed by atoms with E-state index in [2.05, 4.69) is 5.32 Å². The van der Waals surface area contributed by atoms with Crippen molar-refractivity contribution in [3.8, 4) is 0 Å². The molecule has 110 valence electrons. The second kappa shape index (κ2) is 6.39. The van der Waals surface area contributed by atoms with Gasteiger partial charge in [-0.1, -0.05) is 30.3 Å². The highest BCUT2D eigenvalue weighted by Crippen LogP contribution is 2.24. The number of esters is 1. The molecule has 0 aliphatic heterocycles. The lowest BCUT2D eigenvalue weighted by molar-refractivity contribution is -0.141. The van der Waals surface area contributed by atoms with E-state index in [-0.39, 0.29) is 5.82 Å². The number of benzene rings is 2. The zero-order valence-electron chi connectivity index (χ0n) is 12.3. The standard InChI is InChI=1S/C17H18FNO2/c1-11-8-9-13(10-14(11)18)16(17(20)21-3)19-15-7-5-4-6-12(15)2/h4-10,16,19H,1-3H3. The van der Waals surface area contributed by atoms with E-state index in [1.807, 2.05) is 31.2 Å². The Kier molecular flexibility index (Phi) is 4.58. The van der Waals surface area contributed by atoms with Crippen molar-refractivity contribution < 1.29 is 13.9 Å². The summed E-state index contributed by atoms with van der Waals surface area (Å²) in [6.07, 6.45) is 0. The van der Waals surface area contributed by atoms with Crippen LogP contribution < -0.4 is 5.32 Å². The van der Waals surface area contributed by atoms with Gasteiger partial charge in [-0.15, -0.1) is 0 Å². The Balaban J connectivity index is 2.37. The molecule has 2 aromatic rings. The number of methoxy groups -OCH3 is 1. The largest absolute Gasteiger partial charge is 0.467 e. The molecular weight excluding hydrogens is 269 g/mol. The molecule has 0 aromatic heterocycles. The maximum Gasteiger partial charge on any atom is 0.332 e. The highest BCUT2D eigenvalue weighted by atomic mass is 19.1. The number of carbonyl (C=O) groups is 1. The molecule has 2 aromatic carbocycles. The topological polar surface area (TPSA) is 38.3 Å². The van der Waals surface area contributed by atoms with E-state index in [1.54, 1.807) is 19.1 Å². The summed E-state index contributed by atoms with van der Waals surface area (Å²) in [7, 11) is 1.32. The van der Waals surface area contributed by atoms with E-state index in [4.69, 9.17) is 4.74 Å². The fraction of sp³-hybridized carbons (Fsp3) is 0.235. The predicted octanol–water partition coefficient (Wildman–Crippen LogP) is 3.77. The number of para-hydroxylation sites is 1. The number of halogens is 1. The summed E-state index contributed by atoms with van der Waals surface area (Å²) in [6, 6.07) is 11.6. The van der Waals surface area contributed by atoms with Crippen molar-refractivity contribution in [3.63, 3.8) is 0 Å². The van der Waals surface area contributed by atoms with Gasteiger partial charge in [-0.25, -0.2) is 9.18 Å². The highest BCUT2D eigenvalue weighted by molar-refractivity contribution is 5.81. The average molecular weight is 287 g/mol. The average Bonchev–Trinajstić information content (AvgIpc) is 2.48. The lowest BCUT2D eigenvalue weighted by Gasteiger charge is -2.19. The molecule has 0 fully saturated rings. The van der Waals surface area contributed by atoms with E-state index in [0.29, 0.717) is 11.1 Å². The second-order valence-corrected chi connectivity index (χ2v) is 4.92. The van der Waals surface area contributed by atoms with Gasteiger partial charge < -0.3 is 10.1 Å². The van der Waals surface area contributed by atoms with Gasteiger partial charge in [0.2, 0.25) is 0 Å². The third-order valence-corrected chi connectivity index (χ3v) is 3.41. The molecule has 0 spiro atoms. The van der Waals surface area contributed by atoms with Gasteiger partial charge >= 0.3 is 5.97 Å². The molecule has 1 atom stereocenters. The minimum atomic E-state index is -0.744. The number of hydrogen-bond acceptors (Lipinski definition) is 3. The van der Waals surface area contributed by atoms with Gasteiger partial charge in [-0.3, -0.25) is 0 Å². The van der Waals surface area contributed by atoms with Gasteiger partial charge in [-0.2, -0.15) is 0 Å². The minimum Gasteiger partial charge on any atom is -0.467 e. The van der Waals surface area contributed by atoms with Crippen LogP contribution in [0.1, 0.15) is 22.7 Å². The van der Waals surface area contributed by atoms with E-state index in [0.717, 1.165) is 11.3 Å². The molecule has 0 amide bonds. The van der Waals surface area contributed by atoms with Crippen LogP contribution in [0.2, 0.25) is 0 Å². The maximum absolute atomic E-state index is 13.7. The predicted molar refractivity (Wildman–Crippen MR) is 80.7 cm³/mol. The van der Waals surface area contributed by atoms with Crippen LogP contribution in [0.25, 0.3) is 0 Å². The zero-order valence-corrected chi connectivity index (χ0v) is 12.3. The van der Waals surface area contributed by atoms with Crippen molar-refractivity contribution in [1.29, 1.82) is 0 Å². The summed E-state index contributed by atoms with van der Waals surface area (Å²) in [6.45, 7) is 3.62. The third-order valence-electron chi connectivity index (χ3n) is 3.41. The summed E-state index contributed by atoms with van der Waals surface area (Å²) in [5.74, 6) is -0.797. The Bertz CT molecular complexity index is 655. The SMILES string of the molecule is COC(=O)C(Nc1ccccc1C)c1ccc(C)c(F)c1. The summed E-state index contributed by atoms with van der Waals surface area (Å²) in [4.78, 5) is 12.0. The fourth-order valence-electron chi connectivity index (χ4n) is 2.08. The second-order valence-electron chi connectivity index (χ2n) is 4.92. The number of carbonyl (C=O) groups excluding carboxylic acids is 1. The number of aryl methyl sites for hydroxylation is 2. The molecule has 1 N–H and O–H groups in total. The summed E-state index contributed by atoms with van der Waals surface area (Å²) >= 11 is 0. The first-order chi connectivity index (χ1) is 10.0. The Morgan fingerprint density at radius 2 is 1.86 bits per heavy atom. The Hall–Kier alpha value is -2.36. The molecule has 0 saturated heterocycles. The number of rotatable bonds is 4. The van der Waals surface area contributed by atoms with Gasteiger partial charge in [0.25, 0.3) is 0 Å². The van der Waals surface area contributed by atoms with E-state index in [1.165, 1.54) is 13.2 Å². The van der Waals surface area contributed by atoms with Crippen LogP contribution in [0.4, 0.5) is 10.1 Å². The lowest BCUT2D eigenvalue weighted by atomic mass is 10.0. The molecule has 0 aliphatic rings. The van der Waals surface area contributed by atoms with Gasteiger partial charge in [-0.05, 0) is 42.7 Å². The summed E-state index contributed by atoms with van der Waals surface area (Å²) in [5, 5.41) is 3.12. The molecule has 2 rings (SSSR count). The maximum atomic E-state index is 13.7. The molecule has 0 heterocycles. The van der Waals surface area contributed by atoms with Gasteiger partial charge in [0.1, 0.15) is 5.82 Å². The van der Waals surface area contributed by atoms with Crippen LogP contribution in [0.3, 0.4) is 0 Å². The first kappa shape index (κ1) is 15.0. The van der Waals surface area contributed by atoms with Crippen molar-refractivity contribution in [1.82, 2.24) is 0 Å². The summed E-state index contributed by atoms with van der Waals surface area (Å²) in [5.41, 5.74) is 2.89. The molecule has 21 heavy (non-hydrogen) atoms. The molecule has 0 radical (unpaired) electrons. The Morgan fingerprint density at radius 1 is 1.14 bits per heavy atom. The van der Waals surface area contributed by atoms with Gasteiger partial charge in [0, 0.05) is 5.69 Å². The fourth-order valence-corrected chi connectivity index (χ4v) is 2.08. The first-order valence-electron chi connectivity index (χ1n) is 6.69. The van der Waals surface area contributed by atoms with Crippen LogP contribution in [-0.2, 0) is 9.53 Å². The third kappa shape index (κ3) is 3.40. The van der Waals surface area contributed by atoms with Crippen molar-refractivity contribution in [2.45, 2.75) is 19.9 Å². The van der Waals surface area contributed by atoms with Gasteiger partial charge in [0.15, 0.2) is 6.04 Å². The van der Waals surface area contributed by atoms with Crippen LogP contribution in [0.15, 0.2) is 42.5 Å².